The summed E-state index contributed by atoms with van der Waals surface area (Å²) in [6, 6.07) is 11.0. The van der Waals surface area contributed by atoms with Gasteiger partial charge in [0.15, 0.2) is 0 Å². The van der Waals surface area contributed by atoms with Crippen molar-refractivity contribution in [3.63, 3.8) is 0 Å². The van der Waals surface area contributed by atoms with Gasteiger partial charge in [-0.2, -0.15) is 0 Å². The van der Waals surface area contributed by atoms with Crippen LogP contribution in [0.2, 0.25) is 20.1 Å². The molecule has 0 aliphatic carbocycles. The minimum absolute atomic E-state index is 0.0890. The van der Waals surface area contributed by atoms with E-state index in [0.29, 0.717) is 20.1 Å². The van der Waals surface area contributed by atoms with Crippen LogP contribution in [0.5, 0.6) is 0 Å². The zero-order valence-electron chi connectivity index (χ0n) is 14.7. The number of hydrogen-bond donors (Lipinski definition) is 0. The number of halogens is 4. The van der Waals surface area contributed by atoms with Crippen molar-refractivity contribution in [1.82, 2.24) is 0 Å². The first kappa shape index (κ1) is 20.6. The summed E-state index contributed by atoms with van der Waals surface area (Å²) >= 11 is 24.9. The van der Waals surface area contributed by atoms with Gasteiger partial charge in [0.25, 0.3) is 0 Å². The molecule has 0 saturated heterocycles. The lowest BCUT2D eigenvalue weighted by Crippen LogP contribution is -2.15. The smallest absolute Gasteiger partial charge is 0.0789 e. The lowest BCUT2D eigenvalue weighted by molar-refractivity contribution is 0.514. The molecule has 0 amide bonds. The Bertz CT molecular complexity index is 781. The summed E-state index contributed by atoms with van der Waals surface area (Å²) in [6.45, 7) is 8.45. The Balaban J connectivity index is 2.58. The summed E-state index contributed by atoms with van der Waals surface area (Å²) in [5, 5.41) is 2.45. The number of hydrogen-bond acceptors (Lipinski definition) is 1. The van der Waals surface area contributed by atoms with Gasteiger partial charge in [-0.3, -0.25) is 4.99 Å². The Hall–Kier alpha value is -0.730. The highest BCUT2D eigenvalue weighted by Gasteiger charge is 2.21. The van der Waals surface area contributed by atoms with E-state index in [-0.39, 0.29) is 17.9 Å². The van der Waals surface area contributed by atoms with E-state index in [4.69, 9.17) is 51.4 Å². The molecule has 1 atom stereocenters. The molecule has 0 aliphatic rings. The molecular weight excluding hydrogens is 396 g/mol. The highest BCUT2D eigenvalue weighted by molar-refractivity contribution is 6.37. The largest absolute Gasteiger partial charge is 0.280 e. The van der Waals surface area contributed by atoms with Crippen LogP contribution in [0.1, 0.15) is 44.9 Å². The van der Waals surface area contributed by atoms with Crippen molar-refractivity contribution in [2.24, 2.45) is 16.8 Å². The number of nitrogens with zero attached hydrogens (tertiary/aromatic N) is 1. The second kappa shape index (κ2) is 8.77. The summed E-state index contributed by atoms with van der Waals surface area (Å²) < 4.78 is 0. The van der Waals surface area contributed by atoms with Crippen molar-refractivity contribution in [3.8, 4) is 0 Å². The fourth-order valence-corrected chi connectivity index (χ4v) is 3.72. The van der Waals surface area contributed by atoms with Crippen LogP contribution in [0, 0.1) is 11.8 Å². The van der Waals surface area contributed by atoms with E-state index in [1.54, 1.807) is 12.1 Å². The zero-order valence-corrected chi connectivity index (χ0v) is 17.7. The second-order valence-corrected chi connectivity index (χ2v) is 8.34. The van der Waals surface area contributed by atoms with Crippen LogP contribution in [0.3, 0.4) is 0 Å². The molecule has 0 radical (unpaired) electrons. The molecule has 134 valence electrons. The SMILES string of the molecule is CC(C)C(=NC(c1ccc(Cl)cc1Cl)C(C)C)c1ccc(Cl)cc1Cl. The number of benzene rings is 2. The summed E-state index contributed by atoms with van der Waals surface area (Å²) in [7, 11) is 0. The maximum atomic E-state index is 6.43. The van der Waals surface area contributed by atoms with Gasteiger partial charge in [-0.15, -0.1) is 0 Å². The standard InChI is InChI=1S/C20H21Cl4N/c1-11(2)19(15-7-5-13(21)9-17(15)23)25-20(12(3)4)16-8-6-14(22)10-18(16)24/h5-12,19H,1-4H3. The van der Waals surface area contributed by atoms with Crippen molar-refractivity contribution in [3.05, 3.63) is 67.6 Å². The van der Waals surface area contributed by atoms with Crippen LogP contribution < -0.4 is 0 Å². The molecule has 25 heavy (non-hydrogen) atoms. The van der Waals surface area contributed by atoms with Crippen LogP contribution in [-0.4, -0.2) is 5.71 Å². The molecule has 0 aliphatic heterocycles. The van der Waals surface area contributed by atoms with E-state index in [1.807, 2.05) is 24.3 Å². The van der Waals surface area contributed by atoms with Crippen LogP contribution in [0.25, 0.3) is 0 Å². The van der Waals surface area contributed by atoms with Gasteiger partial charge in [0.1, 0.15) is 0 Å². The van der Waals surface area contributed by atoms with E-state index in [1.165, 1.54) is 0 Å². The van der Waals surface area contributed by atoms with Crippen molar-refractivity contribution in [2.75, 3.05) is 0 Å². The molecule has 5 heteroatoms. The summed E-state index contributed by atoms with van der Waals surface area (Å²) in [5.41, 5.74) is 2.80. The monoisotopic (exact) mass is 415 g/mol. The van der Waals surface area contributed by atoms with Crippen molar-refractivity contribution >= 4 is 52.1 Å². The van der Waals surface area contributed by atoms with Gasteiger partial charge in [0.05, 0.1) is 11.1 Å². The van der Waals surface area contributed by atoms with Gasteiger partial charge >= 0.3 is 0 Å². The maximum absolute atomic E-state index is 6.43. The van der Waals surface area contributed by atoms with Crippen molar-refractivity contribution in [2.45, 2.75) is 33.7 Å². The van der Waals surface area contributed by atoms with Crippen LogP contribution >= 0.6 is 46.4 Å². The quantitative estimate of drug-likeness (QED) is 0.436. The van der Waals surface area contributed by atoms with Gasteiger partial charge in [-0.1, -0.05) is 86.2 Å². The Morgan fingerprint density at radius 3 is 1.84 bits per heavy atom. The Labute approximate surface area is 170 Å². The molecule has 0 saturated carbocycles. The molecular formula is C20H21Cl4N. The van der Waals surface area contributed by atoms with E-state index in [0.717, 1.165) is 16.8 Å². The maximum Gasteiger partial charge on any atom is 0.0789 e. The molecule has 2 aromatic carbocycles. The Morgan fingerprint density at radius 1 is 0.800 bits per heavy atom. The molecule has 2 rings (SSSR count). The number of aliphatic imine (C=N–C) groups is 1. The minimum Gasteiger partial charge on any atom is -0.280 e. The van der Waals surface area contributed by atoms with E-state index >= 15 is 0 Å². The molecule has 0 aromatic heterocycles. The molecule has 0 spiro atoms. The van der Waals surface area contributed by atoms with Gasteiger partial charge in [-0.05, 0) is 41.7 Å². The van der Waals surface area contributed by atoms with Crippen LogP contribution in [0.15, 0.2) is 41.4 Å². The molecule has 0 heterocycles. The van der Waals surface area contributed by atoms with Crippen LogP contribution in [0.4, 0.5) is 0 Å². The third-order valence-electron chi connectivity index (χ3n) is 3.94. The number of rotatable bonds is 5. The lowest BCUT2D eigenvalue weighted by Gasteiger charge is -2.22. The van der Waals surface area contributed by atoms with E-state index in [2.05, 4.69) is 27.7 Å². The topological polar surface area (TPSA) is 12.4 Å². The fourth-order valence-electron chi connectivity index (χ4n) is 2.70. The molecule has 2 aromatic rings. The van der Waals surface area contributed by atoms with Gasteiger partial charge in [0, 0.05) is 26.3 Å². The van der Waals surface area contributed by atoms with Crippen LogP contribution in [-0.2, 0) is 0 Å². The van der Waals surface area contributed by atoms with E-state index in [9.17, 15) is 0 Å². The van der Waals surface area contributed by atoms with Crippen molar-refractivity contribution in [1.29, 1.82) is 0 Å². The highest BCUT2D eigenvalue weighted by Crippen LogP contribution is 2.35. The summed E-state index contributed by atoms with van der Waals surface area (Å²) in [6.07, 6.45) is 0. The Morgan fingerprint density at radius 2 is 1.36 bits per heavy atom. The van der Waals surface area contributed by atoms with Gasteiger partial charge in [0.2, 0.25) is 0 Å². The molecule has 0 bridgehead atoms. The minimum atomic E-state index is -0.0890. The first-order valence-corrected chi connectivity index (χ1v) is 9.70. The summed E-state index contributed by atoms with van der Waals surface area (Å²) in [5.74, 6) is 0.463. The second-order valence-electron chi connectivity index (χ2n) is 6.65. The zero-order chi connectivity index (χ0) is 18.7. The first-order valence-electron chi connectivity index (χ1n) is 8.18. The predicted molar refractivity (Wildman–Crippen MR) is 112 cm³/mol. The molecule has 0 N–H and O–H groups in total. The van der Waals surface area contributed by atoms with Crippen molar-refractivity contribution < 1.29 is 0 Å². The van der Waals surface area contributed by atoms with Gasteiger partial charge < -0.3 is 0 Å². The molecule has 0 fully saturated rings. The third kappa shape index (κ3) is 5.14. The molecule has 1 nitrogen and oxygen atoms in total. The van der Waals surface area contributed by atoms with E-state index < -0.39 is 0 Å². The average Bonchev–Trinajstić information content (AvgIpc) is 2.50. The lowest BCUT2D eigenvalue weighted by atomic mass is 9.94. The Kier molecular flexibility index (Phi) is 7.22. The van der Waals surface area contributed by atoms with Gasteiger partial charge in [-0.25, -0.2) is 0 Å². The normalized spacial score (nSPS) is 13.6. The summed E-state index contributed by atoms with van der Waals surface area (Å²) in [4.78, 5) is 5.06. The third-order valence-corrected chi connectivity index (χ3v) is 5.05. The molecule has 1 unspecified atom stereocenters. The highest BCUT2D eigenvalue weighted by atomic mass is 35.5. The first-order chi connectivity index (χ1) is 11.7. The fraction of sp³-hybridized carbons (Fsp3) is 0.350. The average molecular weight is 417 g/mol. The predicted octanol–water partition coefficient (Wildman–Crippen LogP) is 8.14.